The summed E-state index contributed by atoms with van der Waals surface area (Å²) in [5, 5.41) is 12.0. The average molecular weight is 329 g/mol. The lowest BCUT2D eigenvalue weighted by atomic mass is 10.1. The van der Waals surface area contributed by atoms with Crippen molar-refractivity contribution in [1.29, 1.82) is 0 Å². The van der Waals surface area contributed by atoms with Crippen molar-refractivity contribution >= 4 is 22.0 Å². The van der Waals surface area contributed by atoms with E-state index in [9.17, 15) is 4.79 Å². The van der Waals surface area contributed by atoms with E-state index in [-0.39, 0.29) is 24.7 Å². The van der Waals surface area contributed by atoms with Crippen molar-refractivity contribution in [3.63, 3.8) is 0 Å². The van der Waals surface area contributed by atoms with Gasteiger partial charge in [0, 0.05) is 17.6 Å². The second-order valence-electron chi connectivity index (χ2n) is 4.83. The Morgan fingerprint density at radius 3 is 2.74 bits per heavy atom. The minimum Gasteiger partial charge on any atom is -0.394 e. The lowest BCUT2D eigenvalue weighted by Crippen LogP contribution is -2.47. The highest BCUT2D eigenvalue weighted by molar-refractivity contribution is 9.10. The molecule has 19 heavy (non-hydrogen) atoms. The van der Waals surface area contributed by atoms with Gasteiger partial charge in [-0.25, -0.2) is 4.79 Å². The number of rotatable bonds is 5. The number of aliphatic hydroxyl groups is 1. The fourth-order valence-electron chi connectivity index (χ4n) is 1.70. The SMILES string of the molecule is CC(Cc1cccc(Br)c1)NC(=O)N(C)C(C)CO. The Bertz CT molecular complexity index is 426. The second-order valence-corrected chi connectivity index (χ2v) is 5.74. The lowest BCUT2D eigenvalue weighted by Gasteiger charge is -2.25. The van der Waals surface area contributed by atoms with Gasteiger partial charge in [0.05, 0.1) is 12.6 Å². The highest BCUT2D eigenvalue weighted by Gasteiger charge is 2.16. The number of carbonyl (C=O) groups is 1. The predicted octanol–water partition coefficient (Wildman–Crippen LogP) is 2.40. The smallest absolute Gasteiger partial charge is 0.317 e. The van der Waals surface area contributed by atoms with Crippen LogP contribution in [0.4, 0.5) is 4.79 Å². The number of nitrogens with zero attached hydrogens (tertiary/aromatic N) is 1. The number of aliphatic hydroxyl groups excluding tert-OH is 1. The van der Waals surface area contributed by atoms with Gasteiger partial charge in [-0.1, -0.05) is 28.1 Å². The van der Waals surface area contributed by atoms with Gasteiger partial charge in [0.25, 0.3) is 0 Å². The highest BCUT2D eigenvalue weighted by atomic mass is 79.9. The largest absolute Gasteiger partial charge is 0.394 e. The molecule has 1 aromatic rings. The Morgan fingerprint density at radius 2 is 2.16 bits per heavy atom. The third kappa shape index (κ3) is 5.20. The summed E-state index contributed by atoms with van der Waals surface area (Å²) in [7, 11) is 1.68. The molecule has 0 saturated carbocycles. The number of amides is 2. The molecule has 2 atom stereocenters. The molecule has 0 saturated heterocycles. The molecular formula is C14H21BrN2O2. The third-order valence-electron chi connectivity index (χ3n) is 3.05. The fourth-order valence-corrected chi connectivity index (χ4v) is 2.15. The van der Waals surface area contributed by atoms with Crippen LogP contribution in [0.1, 0.15) is 19.4 Å². The van der Waals surface area contributed by atoms with Crippen molar-refractivity contribution in [2.75, 3.05) is 13.7 Å². The molecule has 2 amide bonds. The number of halogens is 1. The number of likely N-dealkylation sites (N-methyl/N-ethyl adjacent to an activating group) is 1. The Balaban J connectivity index is 2.51. The maximum Gasteiger partial charge on any atom is 0.317 e. The van der Waals surface area contributed by atoms with Gasteiger partial charge in [0.15, 0.2) is 0 Å². The molecule has 0 aromatic heterocycles. The molecule has 2 N–H and O–H groups in total. The number of hydrogen-bond acceptors (Lipinski definition) is 2. The molecule has 0 aliphatic heterocycles. The molecule has 1 aromatic carbocycles. The monoisotopic (exact) mass is 328 g/mol. The molecule has 0 radical (unpaired) electrons. The van der Waals surface area contributed by atoms with E-state index >= 15 is 0 Å². The van der Waals surface area contributed by atoms with Gasteiger partial charge in [-0.2, -0.15) is 0 Å². The van der Waals surface area contributed by atoms with Crippen molar-refractivity contribution in [3.8, 4) is 0 Å². The van der Waals surface area contributed by atoms with Crippen molar-refractivity contribution in [2.45, 2.75) is 32.4 Å². The summed E-state index contributed by atoms with van der Waals surface area (Å²) >= 11 is 3.43. The maximum absolute atomic E-state index is 11.9. The van der Waals surface area contributed by atoms with E-state index in [0.29, 0.717) is 0 Å². The summed E-state index contributed by atoms with van der Waals surface area (Å²) in [5.74, 6) is 0. The van der Waals surface area contributed by atoms with E-state index in [1.54, 1.807) is 14.0 Å². The average Bonchev–Trinajstić information content (AvgIpc) is 2.36. The molecule has 1 rings (SSSR count). The molecule has 0 aliphatic carbocycles. The quantitative estimate of drug-likeness (QED) is 0.872. The van der Waals surface area contributed by atoms with Crippen LogP contribution < -0.4 is 5.32 Å². The normalized spacial score (nSPS) is 13.7. The standard InChI is InChI=1S/C14H21BrN2O2/c1-10(7-12-5-4-6-13(15)8-12)16-14(19)17(3)11(2)9-18/h4-6,8,10-11,18H,7,9H2,1-3H3,(H,16,19). The van der Waals surface area contributed by atoms with Crippen LogP contribution in [0.3, 0.4) is 0 Å². The van der Waals surface area contributed by atoms with Crippen LogP contribution in [0, 0.1) is 0 Å². The van der Waals surface area contributed by atoms with Gasteiger partial charge in [-0.05, 0) is 38.0 Å². The van der Waals surface area contributed by atoms with E-state index in [0.717, 1.165) is 10.9 Å². The van der Waals surface area contributed by atoms with Crippen LogP contribution in [0.15, 0.2) is 28.7 Å². The van der Waals surface area contributed by atoms with Crippen LogP contribution in [0.25, 0.3) is 0 Å². The Labute approximate surface area is 122 Å². The van der Waals surface area contributed by atoms with E-state index in [2.05, 4.69) is 21.2 Å². The predicted molar refractivity (Wildman–Crippen MR) is 80.2 cm³/mol. The van der Waals surface area contributed by atoms with Crippen LogP contribution in [0.2, 0.25) is 0 Å². The van der Waals surface area contributed by atoms with Crippen LogP contribution >= 0.6 is 15.9 Å². The van der Waals surface area contributed by atoms with E-state index in [1.807, 2.05) is 31.2 Å². The van der Waals surface area contributed by atoms with Gasteiger partial charge in [-0.15, -0.1) is 0 Å². The molecule has 0 spiro atoms. The van der Waals surface area contributed by atoms with E-state index < -0.39 is 0 Å². The summed E-state index contributed by atoms with van der Waals surface area (Å²) in [5.41, 5.74) is 1.17. The molecule has 0 heterocycles. The zero-order valence-corrected chi connectivity index (χ0v) is 13.1. The summed E-state index contributed by atoms with van der Waals surface area (Å²) in [4.78, 5) is 13.4. The zero-order chi connectivity index (χ0) is 14.4. The molecule has 106 valence electrons. The summed E-state index contributed by atoms with van der Waals surface area (Å²) in [6.07, 6.45) is 0.770. The first-order chi connectivity index (χ1) is 8.93. The zero-order valence-electron chi connectivity index (χ0n) is 11.6. The summed E-state index contributed by atoms with van der Waals surface area (Å²) in [6.45, 7) is 3.73. The minimum atomic E-state index is -0.182. The fraction of sp³-hybridized carbons (Fsp3) is 0.500. The Kier molecular flexibility index (Phi) is 6.31. The molecule has 4 nitrogen and oxygen atoms in total. The summed E-state index contributed by atoms with van der Waals surface area (Å²) < 4.78 is 1.04. The van der Waals surface area contributed by atoms with Crippen molar-refractivity contribution in [1.82, 2.24) is 10.2 Å². The minimum absolute atomic E-state index is 0.0372. The highest BCUT2D eigenvalue weighted by Crippen LogP contribution is 2.13. The molecule has 0 bridgehead atoms. The van der Waals surface area contributed by atoms with Crippen LogP contribution in [0.5, 0.6) is 0 Å². The second kappa shape index (κ2) is 7.50. The van der Waals surface area contributed by atoms with E-state index in [1.165, 1.54) is 10.5 Å². The van der Waals surface area contributed by atoms with Crippen LogP contribution in [-0.4, -0.2) is 41.8 Å². The van der Waals surface area contributed by atoms with Gasteiger partial charge in [0.1, 0.15) is 0 Å². The van der Waals surface area contributed by atoms with Crippen molar-refractivity contribution in [3.05, 3.63) is 34.3 Å². The molecule has 0 fully saturated rings. The molecule has 2 unspecified atom stereocenters. The number of carbonyl (C=O) groups excluding carboxylic acids is 1. The van der Waals surface area contributed by atoms with Crippen molar-refractivity contribution < 1.29 is 9.90 Å². The Hall–Kier alpha value is -1.07. The number of urea groups is 1. The van der Waals surface area contributed by atoms with Gasteiger partial charge in [-0.3, -0.25) is 0 Å². The first-order valence-electron chi connectivity index (χ1n) is 6.32. The summed E-state index contributed by atoms with van der Waals surface area (Å²) in [6, 6.07) is 7.73. The van der Waals surface area contributed by atoms with Crippen molar-refractivity contribution in [2.24, 2.45) is 0 Å². The van der Waals surface area contributed by atoms with E-state index in [4.69, 9.17) is 5.11 Å². The van der Waals surface area contributed by atoms with Gasteiger partial charge < -0.3 is 15.3 Å². The first-order valence-corrected chi connectivity index (χ1v) is 7.12. The van der Waals surface area contributed by atoms with Gasteiger partial charge >= 0.3 is 6.03 Å². The number of benzene rings is 1. The maximum atomic E-state index is 11.9. The first kappa shape index (κ1) is 16.0. The number of hydrogen-bond donors (Lipinski definition) is 2. The van der Waals surface area contributed by atoms with Gasteiger partial charge in [0.2, 0.25) is 0 Å². The third-order valence-corrected chi connectivity index (χ3v) is 3.54. The topological polar surface area (TPSA) is 52.6 Å². The Morgan fingerprint density at radius 1 is 1.47 bits per heavy atom. The molecule has 0 aliphatic rings. The number of nitrogens with one attached hydrogen (secondary N) is 1. The van der Waals surface area contributed by atoms with Crippen LogP contribution in [-0.2, 0) is 6.42 Å². The molecule has 5 heteroatoms. The molecular weight excluding hydrogens is 308 g/mol. The lowest BCUT2D eigenvalue weighted by molar-refractivity contribution is 0.155.